The standard InChI is InChI=1S/C21H34.3C20H33N.C17H35N/c1-18(2,3)17-11-10-15-13-21(19(4,5)6,20(7,8)9)14-16(15)12-17;1-17(2,3)16-10-14-11-20(18(4,5)6,19(7,8)9)12-15(14)13-21-16;1-17(2,3)15-10-14-11-20(18(4,5)6,19(7,8)9)12-16(14)21-13-15;1-17(2,3)16-11-10-14-12-20(18(4,5)6,19(7,8)9)13-15(14)21-16;1-14(2,3)17(15(4,5)6)10-12-18(13-11-17)16(7,8)9/h10-12H,13-14H2,1-9H3;2*10,13H,11-12H2,1-9H3;10-11H,12-13H2,1-9H3;10-13H2,1-9H3. The third kappa shape index (κ3) is 18.2. The van der Waals surface area contributed by atoms with E-state index < -0.39 is 0 Å². The van der Waals surface area contributed by atoms with Crippen LogP contribution in [0.3, 0.4) is 0 Å². The zero-order valence-electron chi connectivity index (χ0n) is 76.5. The topological polar surface area (TPSA) is 41.9 Å². The van der Waals surface area contributed by atoms with Gasteiger partial charge in [0.05, 0.1) is 0 Å². The summed E-state index contributed by atoms with van der Waals surface area (Å²) in [5, 5.41) is 0. The first-order chi connectivity index (χ1) is 44.9. The lowest BCUT2D eigenvalue weighted by molar-refractivity contribution is -0.0947. The molecule has 4 nitrogen and oxygen atoms in total. The van der Waals surface area contributed by atoms with Crippen LogP contribution in [0.1, 0.15) is 392 Å². The Kier molecular flexibility index (Phi) is 24.7. The Morgan fingerprint density at radius 1 is 0.255 bits per heavy atom. The maximum absolute atomic E-state index is 5.05. The lowest BCUT2D eigenvalue weighted by Gasteiger charge is -2.59. The van der Waals surface area contributed by atoms with E-state index in [0.29, 0.717) is 43.4 Å². The van der Waals surface area contributed by atoms with Crippen LogP contribution in [0, 0.1) is 81.2 Å². The lowest BCUT2D eigenvalue weighted by atomic mass is 9.50. The molecule has 0 spiro atoms. The first kappa shape index (κ1) is 89.3. The van der Waals surface area contributed by atoms with Crippen molar-refractivity contribution in [3.8, 4) is 0 Å². The van der Waals surface area contributed by atoms with E-state index in [1.54, 1.807) is 11.1 Å². The average molecular weight is 1400 g/mol. The van der Waals surface area contributed by atoms with Gasteiger partial charge in [-0.05, 0) is 247 Å². The van der Waals surface area contributed by atoms with Gasteiger partial charge in [-0.15, -0.1) is 0 Å². The third-order valence-electron chi connectivity index (χ3n) is 28.5. The summed E-state index contributed by atoms with van der Waals surface area (Å²) in [7, 11) is 0. The van der Waals surface area contributed by atoms with E-state index in [2.05, 4.69) is 371 Å². The Labute approximate surface area is 635 Å². The third-order valence-corrected chi connectivity index (χ3v) is 28.5. The highest BCUT2D eigenvalue weighted by Gasteiger charge is 2.58. The maximum atomic E-state index is 5.05. The summed E-state index contributed by atoms with van der Waals surface area (Å²) >= 11 is 0. The maximum Gasteiger partial charge on any atom is 0.0460 e. The molecule has 1 aromatic carbocycles. The number of pyridine rings is 3. The largest absolute Gasteiger partial charge is 0.298 e. The van der Waals surface area contributed by atoms with Crippen LogP contribution in [0.25, 0.3) is 0 Å². The molecule has 4 aliphatic carbocycles. The molecule has 5 aliphatic rings. The van der Waals surface area contributed by atoms with Crippen molar-refractivity contribution in [3.05, 3.63) is 122 Å². The van der Waals surface area contributed by atoms with Crippen LogP contribution in [0.15, 0.2) is 54.9 Å². The molecule has 0 radical (unpaired) electrons. The second kappa shape index (κ2) is 28.3. The van der Waals surface area contributed by atoms with Crippen LogP contribution in [-0.4, -0.2) is 38.5 Å². The normalized spacial score (nSPS) is 19.5. The highest BCUT2D eigenvalue weighted by molar-refractivity contribution is 5.43. The summed E-state index contributed by atoms with van der Waals surface area (Å²) in [5.41, 5.74) is 22.8. The number of rotatable bonds is 0. The molecule has 3 aromatic heterocycles. The Hall–Kier alpha value is -3.37. The van der Waals surface area contributed by atoms with Gasteiger partial charge >= 0.3 is 0 Å². The molecule has 9 rings (SSSR count). The summed E-state index contributed by atoms with van der Waals surface area (Å²) in [6, 6.07) is 16.6. The van der Waals surface area contributed by atoms with Crippen LogP contribution < -0.4 is 0 Å². The summed E-state index contributed by atoms with van der Waals surface area (Å²) in [4.78, 5) is 17.3. The predicted octanol–water partition coefficient (Wildman–Crippen LogP) is 27.8. The molecule has 102 heavy (non-hydrogen) atoms. The SMILES string of the molecule is CC(C)(C)N1CCC(C(C)(C)C)(C(C)(C)C)CC1.CC(C)(C)c1cc2c(cn1)CC(C(C)(C)C)(C(C)(C)C)C2.CC(C)(C)c1ccc2c(c1)CC(C(C)(C)C)(C(C)(C)C)C2.CC(C)(C)c1ccc2c(n1)CC(C(C)(C)C)(C(C)(C)C)C2.CC(C)(C)c1cnc2c(c1)CC(C(C)(C)C)(C(C)(C)C)C2. The number of benzene rings is 1. The van der Waals surface area contributed by atoms with Crippen molar-refractivity contribution in [2.75, 3.05) is 13.1 Å². The lowest BCUT2D eigenvalue weighted by Crippen LogP contribution is -2.56. The predicted molar refractivity (Wildman–Crippen MR) is 451 cm³/mol. The van der Waals surface area contributed by atoms with Crippen molar-refractivity contribution in [2.45, 2.75) is 403 Å². The zero-order chi connectivity index (χ0) is 79.5. The minimum Gasteiger partial charge on any atom is -0.298 e. The average Bonchev–Trinajstić information content (AvgIpc) is 1.51. The van der Waals surface area contributed by atoms with Crippen LogP contribution in [0.2, 0.25) is 0 Å². The van der Waals surface area contributed by atoms with Crippen LogP contribution in [0.5, 0.6) is 0 Å². The number of fused-ring (bicyclic) bond motifs is 4. The van der Waals surface area contributed by atoms with Crippen molar-refractivity contribution in [1.82, 2.24) is 19.9 Å². The fraction of sp³-hybridized carbons (Fsp3) is 0.786. The number of piperidine rings is 1. The molecular weight excluding hydrogens is 1230 g/mol. The smallest absolute Gasteiger partial charge is 0.0460 e. The fourth-order valence-corrected chi connectivity index (χ4v) is 20.9. The van der Waals surface area contributed by atoms with E-state index in [4.69, 9.17) is 15.0 Å². The molecule has 0 bridgehead atoms. The zero-order valence-corrected chi connectivity index (χ0v) is 76.5. The van der Waals surface area contributed by atoms with E-state index in [1.165, 1.54) is 101 Å². The first-order valence-corrected chi connectivity index (χ1v) is 40.8. The van der Waals surface area contributed by atoms with Gasteiger partial charge in [0.15, 0.2) is 0 Å². The summed E-state index contributed by atoms with van der Waals surface area (Å²) in [5.74, 6) is 0. The molecule has 0 atom stereocenters. The molecule has 0 unspecified atom stereocenters. The quantitative estimate of drug-likeness (QED) is 0.176. The molecule has 0 amide bonds. The van der Waals surface area contributed by atoms with Crippen molar-refractivity contribution < 1.29 is 0 Å². The van der Waals surface area contributed by atoms with Gasteiger partial charge in [-0.1, -0.05) is 321 Å². The van der Waals surface area contributed by atoms with Crippen LogP contribution in [0.4, 0.5) is 0 Å². The Bertz CT molecular complexity index is 3000. The van der Waals surface area contributed by atoms with E-state index in [9.17, 15) is 0 Å². The summed E-state index contributed by atoms with van der Waals surface area (Å²) in [6.07, 6.45) is 16.2. The van der Waals surface area contributed by atoms with E-state index in [0.717, 1.165) is 32.1 Å². The van der Waals surface area contributed by atoms with Gasteiger partial charge in [-0.3, -0.25) is 19.9 Å². The van der Waals surface area contributed by atoms with Crippen molar-refractivity contribution in [3.63, 3.8) is 0 Å². The van der Waals surface area contributed by atoms with E-state index in [-0.39, 0.29) is 65.0 Å². The highest BCUT2D eigenvalue weighted by Crippen LogP contribution is 2.64. The van der Waals surface area contributed by atoms with Crippen LogP contribution >= 0.6 is 0 Å². The molecule has 580 valence electrons. The molecule has 1 fully saturated rings. The summed E-state index contributed by atoms with van der Waals surface area (Å²) < 4.78 is 0. The van der Waals surface area contributed by atoms with Crippen molar-refractivity contribution >= 4 is 0 Å². The van der Waals surface area contributed by atoms with Gasteiger partial charge in [-0.25, -0.2) is 0 Å². The molecular formula is C98H168N4. The van der Waals surface area contributed by atoms with Gasteiger partial charge in [0.25, 0.3) is 0 Å². The molecule has 4 heterocycles. The van der Waals surface area contributed by atoms with Crippen molar-refractivity contribution in [1.29, 1.82) is 0 Å². The Morgan fingerprint density at radius 2 is 0.569 bits per heavy atom. The molecule has 0 saturated carbocycles. The minimum absolute atomic E-state index is 0.129. The molecule has 0 N–H and O–H groups in total. The second-order valence-corrected chi connectivity index (χ2v) is 49.4. The first-order valence-electron chi connectivity index (χ1n) is 40.8. The number of hydrogen-bond acceptors (Lipinski definition) is 4. The van der Waals surface area contributed by atoms with Gasteiger partial charge in [0, 0.05) is 51.5 Å². The molecule has 1 saturated heterocycles. The van der Waals surface area contributed by atoms with E-state index >= 15 is 0 Å². The van der Waals surface area contributed by atoms with Gasteiger partial charge in [0.2, 0.25) is 0 Å². The summed E-state index contributed by atoms with van der Waals surface area (Å²) in [6.45, 7) is 109. The number of likely N-dealkylation sites (tertiary alicyclic amines) is 1. The Morgan fingerprint density at radius 3 is 0.931 bits per heavy atom. The number of aromatic nitrogens is 3. The van der Waals surface area contributed by atoms with Crippen LogP contribution in [-0.2, 0) is 73.0 Å². The molecule has 4 aromatic rings. The Balaban J connectivity index is 0.000000230. The number of nitrogens with zero attached hydrogens (tertiary/aromatic N) is 4. The van der Waals surface area contributed by atoms with Gasteiger partial charge < -0.3 is 0 Å². The number of hydrogen-bond donors (Lipinski definition) is 0. The molecule has 4 heteroatoms. The fourth-order valence-electron chi connectivity index (χ4n) is 20.9. The highest BCUT2D eigenvalue weighted by atomic mass is 15.2. The van der Waals surface area contributed by atoms with E-state index in [1.807, 2.05) is 0 Å². The monoisotopic (exact) mass is 1400 g/mol. The van der Waals surface area contributed by atoms with Crippen molar-refractivity contribution in [2.24, 2.45) is 81.2 Å². The molecule has 1 aliphatic heterocycles. The van der Waals surface area contributed by atoms with Gasteiger partial charge in [-0.2, -0.15) is 0 Å². The second-order valence-electron chi connectivity index (χ2n) is 49.4. The minimum atomic E-state index is 0.129. The van der Waals surface area contributed by atoms with Gasteiger partial charge in [0.1, 0.15) is 0 Å².